The molecule has 0 unspecified atom stereocenters. The van der Waals surface area contributed by atoms with E-state index in [1.54, 1.807) is 4.90 Å². The Bertz CT molecular complexity index is 936. The second-order valence-corrected chi connectivity index (χ2v) is 7.21. The first-order valence-corrected chi connectivity index (χ1v) is 10.1. The number of carbonyl (C=O) groups excluding carboxylic acids is 1. The summed E-state index contributed by atoms with van der Waals surface area (Å²) in [6, 6.07) is 25.6. The summed E-state index contributed by atoms with van der Waals surface area (Å²) in [7, 11) is 0. The van der Waals surface area contributed by atoms with Gasteiger partial charge in [-0.25, -0.2) is 4.79 Å². The normalized spacial score (nSPS) is 10.8. The molecule has 28 heavy (non-hydrogen) atoms. The van der Waals surface area contributed by atoms with E-state index in [1.807, 2.05) is 78.9 Å². The van der Waals surface area contributed by atoms with Crippen LogP contribution in [0, 0.1) is 0 Å². The maximum Gasteiger partial charge on any atom is 0.326 e. The van der Waals surface area contributed by atoms with Crippen molar-refractivity contribution < 1.29 is 4.79 Å². The van der Waals surface area contributed by atoms with Crippen LogP contribution in [-0.2, 0) is 6.42 Å². The first-order chi connectivity index (χ1) is 13.7. The Morgan fingerprint density at radius 2 is 1.64 bits per heavy atom. The number of hydrogen-bond acceptors (Lipinski definition) is 1. The molecule has 4 heteroatoms. The number of hydrogen-bond donors (Lipinski definition) is 1. The van der Waals surface area contributed by atoms with Crippen LogP contribution in [0.1, 0.15) is 18.1 Å². The quantitative estimate of drug-likeness (QED) is 0.456. The minimum atomic E-state index is -0.172. The summed E-state index contributed by atoms with van der Waals surface area (Å²) in [5.41, 5.74) is 3.96. The van der Waals surface area contributed by atoms with Gasteiger partial charge in [0.15, 0.2) is 0 Å². The lowest BCUT2D eigenvalue weighted by Crippen LogP contribution is -2.35. The molecule has 3 nitrogen and oxygen atoms in total. The lowest BCUT2D eigenvalue weighted by atomic mass is 10.1. The van der Waals surface area contributed by atoms with Gasteiger partial charge < -0.3 is 5.32 Å². The van der Waals surface area contributed by atoms with Crippen LogP contribution in [0.4, 0.5) is 16.2 Å². The summed E-state index contributed by atoms with van der Waals surface area (Å²) in [6.07, 6.45) is 5.00. The second kappa shape index (κ2) is 9.90. The van der Waals surface area contributed by atoms with Gasteiger partial charge in [0.2, 0.25) is 0 Å². The van der Waals surface area contributed by atoms with Crippen molar-refractivity contribution in [1.29, 1.82) is 0 Å². The lowest BCUT2D eigenvalue weighted by molar-refractivity contribution is 0.257. The molecule has 0 spiro atoms. The summed E-state index contributed by atoms with van der Waals surface area (Å²) in [4.78, 5) is 14.8. The molecule has 142 valence electrons. The number of nitrogens with one attached hydrogen (secondary N) is 1. The third-order valence-corrected chi connectivity index (χ3v) is 5.11. The van der Waals surface area contributed by atoms with Crippen LogP contribution in [-0.4, -0.2) is 12.6 Å². The summed E-state index contributed by atoms with van der Waals surface area (Å²) in [6.45, 7) is 2.59. The highest BCUT2D eigenvalue weighted by molar-refractivity contribution is 9.10. The maximum atomic E-state index is 13.0. The van der Waals surface area contributed by atoms with E-state index in [0.717, 1.165) is 27.8 Å². The first kappa shape index (κ1) is 19.9. The van der Waals surface area contributed by atoms with Gasteiger partial charge in [0.25, 0.3) is 0 Å². The number of anilines is 2. The number of halogens is 1. The van der Waals surface area contributed by atoms with E-state index in [2.05, 4.69) is 40.3 Å². The Kier molecular flexibility index (Phi) is 7.04. The van der Waals surface area contributed by atoms with E-state index in [0.29, 0.717) is 6.54 Å². The predicted molar refractivity (Wildman–Crippen MR) is 122 cm³/mol. The predicted octanol–water partition coefficient (Wildman–Crippen LogP) is 6.76. The first-order valence-electron chi connectivity index (χ1n) is 9.31. The highest BCUT2D eigenvalue weighted by atomic mass is 79.9. The maximum absolute atomic E-state index is 13.0. The van der Waals surface area contributed by atoms with E-state index in [-0.39, 0.29) is 6.03 Å². The van der Waals surface area contributed by atoms with Gasteiger partial charge in [-0.05, 0) is 57.7 Å². The van der Waals surface area contributed by atoms with Gasteiger partial charge >= 0.3 is 6.03 Å². The molecule has 3 rings (SSSR count). The fourth-order valence-electron chi connectivity index (χ4n) is 2.82. The third kappa shape index (κ3) is 5.33. The van der Waals surface area contributed by atoms with Crippen molar-refractivity contribution in [3.05, 3.63) is 101 Å². The summed E-state index contributed by atoms with van der Waals surface area (Å²) >= 11 is 3.49. The van der Waals surface area contributed by atoms with Gasteiger partial charge in [-0.1, -0.05) is 73.7 Å². The van der Waals surface area contributed by atoms with E-state index in [4.69, 9.17) is 0 Å². The Hall–Kier alpha value is -2.85. The van der Waals surface area contributed by atoms with Crippen molar-refractivity contribution in [2.75, 3.05) is 16.8 Å². The van der Waals surface area contributed by atoms with Crippen LogP contribution in [0.15, 0.2) is 89.4 Å². The molecule has 1 N–H and O–H groups in total. The molecule has 3 aromatic carbocycles. The topological polar surface area (TPSA) is 32.3 Å². The molecule has 2 amide bonds. The highest BCUT2D eigenvalue weighted by Crippen LogP contribution is 2.23. The number of urea groups is 1. The molecule has 0 bridgehead atoms. The van der Waals surface area contributed by atoms with E-state index < -0.39 is 0 Å². The third-order valence-electron chi connectivity index (χ3n) is 4.41. The molecular formula is C24H23BrN2O. The number of rotatable bonds is 6. The van der Waals surface area contributed by atoms with Gasteiger partial charge in [0, 0.05) is 16.7 Å². The van der Waals surface area contributed by atoms with Crippen LogP contribution in [0.5, 0.6) is 0 Å². The molecule has 0 atom stereocenters. The van der Waals surface area contributed by atoms with Gasteiger partial charge in [0.05, 0.1) is 5.69 Å². The van der Waals surface area contributed by atoms with E-state index in [9.17, 15) is 4.79 Å². The lowest BCUT2D eigenvalue weighted by Gasteiger charge is -2.22. The highest BCUT2D eigenvalue weighted by Gasteiger charge is 2.15. The molecule has 0 heterocycles. The summed E-state index contributed by atoms with van der Waals surface area (Å²) in [5.74, 6) is 0. The average molecular weight is 435 g/mol. The smallest absolute Gasteiger partial charge is 0.306 e. The standard InChI is InChI=1S/C24H23BrN2O/c1-2-19-14-16-21(17-15-19)27(18-8-11-20-9-4-3-5-10-20)24(28)26-23-13-7-6-12-22(23)25/h3-17H,2,18H2,1H3,(H,26,28)/b11-8+. The molecular weight excluding hydrogens is 412 g/mol. The molecule has 0 aliphatic rings. The number of amides is 2. The van der Waals surface area contributed by atoms with Gasteiger partial charge in [-0.2, -0.15) is 0 Å². The van der Waals surface area contributed by atoms with Crippen molar-refractivity contribution >= 4 is 39.4 Å². The Balaban J connectivity index is 1.81. The molecule has 0 aromatic heterocycles. The number of nitrogens with zero attached hydrogens (tertiary/aromatic N) is 1. The number of benzene rings is 3. The molecule has 0 radical (unpaired) electrons. The van der Waals surface area contributed by atoms with Crippen LogP contribution in [0.25, 0.3) is 6.08 Å². The summed E-state index contributed by atoms with van der Waals surface area (Å²) in [5, 5.41) is 2.99. The molecule has 0 aliphatic carbocycles. The minimum Gasteiger partial charge on any atom is -0.306 e. The molecule has 0 fully saturated rings. The van der Waals surface area contributed by atoms with Crippen molar-refractivity contribution in [2.45, 2.75) is 13.3 Å². The largest absolute Gasteiger partial charge is 0.326 e. The fourth-order valence-corrected chi connectivity index (χ4v) is 3.20. The van der Waals surface area contributed by atoms with Crippen molar-refractivity contribution in [3.63, 3.8) is 0 Å². The Morgan fingerprint density at radius 3 is 2.32 bits per heavy atom. The minimum absolute atomic E-state index is 0.172. The number of aryl methyl sites for hydroxylation is 1. The van der Waals surface area contributed by atoms with Crippen LogP contribution < -0.4 is 10.2 Å². The van der Waals surface area contributed by atoms with Crippen LogP contribution >= 0.6 is 15.9 Å². The Morgan fingerprint density at radius 1 is 0.964 bits per heavy atom. The number of carbonyl (C=O) groups is 1. The zero-order chi connectivity index (χ0) is 19.8. The average Bonchev–Trinajstić information content (AvgIpc) is 2.74. The zero-order valence-electron chi connectivity index (χ0n) is 15.8. The van der Waals surface area contributed by atoms with Crippen molar-refractivity contribution in [3.8, 4) is 0 Å². The fraction of sp³-hybridized carbons (Fsp3) is 0.125. The van der Waals surface area contributed by atoms with E-state index in [1.165, 1.54) is 5.56 Å². The molecule has 3 aromatic rings. The van der Waals surface area contributed by atoms with Crippen LogP contribution in [0.3, 0.4) is 0 Å². The van der Waals surface area contributed by atoms with Crippen LogP contribution in [0.2, 0.25) is 0 Å². The SMILES string of the molecule is CCc1ccc(N(C/C=C/c2ccccc2)C(=O)Nc2ccccc2Br)cc1. The molecule has 0 saturated carbocycles. The van der Waals surface area contributed by atoms with Gasteiger partial charge in [-0.3, -0.25) is 4.90 Å². The molecule has 0 saturated heterocycles. The van der Waals surface area contributed by atoms with Crippen molar-refractivity contribution in [2.24, 2.45) is 0 Å². The monoisotopic (exact) mass is 434 g/mol. The summed E-state index contributed by atoms with van der Waals surface area (Å²) < 4.78 is 0.851. The van der Waals surface area contributed by atoms with Gasteiger partial charge in [0.1, 0.15) is 0 Å². The van der Waals surface area contributed by atoms with Gasteiger partial charge in [-0.15, -0.1) is 0 Å². The number of para-hydroxylation sites is 1. The Labute approximate surface area is 174 Å². The zero-order valence-corrected chi connectivity index (χ0v) is 17.4. The second-order valence-electron chi connectivity index (χ2n) is 6.35. The molecule has 0 aliphatic heterocycles. The van der Waals surface area contributed by atoms with E-state index >= 15 is 0 Å². The van der Waals surface area contributed by atoms with Crippen molar-refractivity contribution in [1.82, 2.24) is 0 Å².